The van der Waals surface area contributed by atoms with Gasteiger partial charge in [-0.05, 0) is 66.8 Å². The molecule has 2 aromatic heterocycles. The summed E-state index contributed by atoms with van der Waals surface area (Å²) < 4.78 is 16.3. The van der Waals surface area contributed by atoms with Gasteiger partial charge in [-0.2, -0.15) is 5.10 Å². The molecule has 0 saturated carbocycles. The lowest BCUT2D eigenvalue weighted by atomic mass is 9.98. The molecule has 6 heteroatoms. The van der Waals surface area contributed by atoms with Gasteiger partial charge < -0.3 is 10.6 Å². The van der Waals surface area contributed by atoms with Gasteiger partial charge in [-0.3, -0.25) is 10.1 Å². The number of nitrogens with one attached hydrogen (secondary N) is 3. The Bertz CT molecular complexity index is 1740. The smallest absolute Gasteiger partial charge is 0.142 e. The van der Waals surface area contributed by atoms with Crippen molar-refractivity contribution in [2.75, 3.05) is 6.54 Å². The number of fused-ring (bicyclic) bond motifs is 1. The van der Waals surface area contributed by atoms with Gasteiger partial charge in [-0.25, -0.2) is 4.39 Å². The number of benzene rings is 2. The van der Waals surface area contributed by atoms with E-state index in [1.807, 2.05) is 81.6 Å². The van der Waals surface area contributed by atoms with Gasteiger partial charge >= 0.3 is 0 Å². The van der Waals surface area contributed by atoms with Crippen LogP contribution in [0.1, 0.15) is 43.2 Å². The van der Waals surface area contributed by atoms with Crippen molar-refractivity contribution in [2.24, 2.45) is 0 Å². The van der Waals surface area contributed by atoms with Crippen molar-refractivity contribution in [1.29, 1.82) is 0 Å². The molecule has 43 heavy (non-hydrogen) atoms. The Hall–Kier alpha value is -5.07. The number of allylic oxidation sites excluding steroid dienone is 8. The van der Waals surface area contributed by atoms with Crippen molar-refractivity contribution >= 4 is 27.7 Å². The van der Waals surface area contributed by atoms with Crippen molar-refractivity contribution in [1.82, 2.24) is 25.8 Å². The van der Waals surface area contributed by atoms with E-state index in [2.05, 4.69) is 57.7 Å². The highest BCUT2D eigenvalue weighted by atomic mass is 19.1. The van der Waals surface area contributed by atoms with E-state index in [1.54, 1.807) is 24.4 Å². The molecule has 5 nitrogen and oxygen atoms in total. The maximum absolute atomic E-state index is 16.3. The number of halogens is 1. The predicted molar refractivity (Wildman–Crippen MR) is 179 cm³/mol. The maximum Gasteiger partial charge on any atom is 0.142 e. The first-order valence-corrected chi connectivity index (χ1v) is 14.2. The highest BCUT2D eigenvalue weighted by Crippen LogP contribution is 2.31. The van der Waals surface area contributed by atoms with E-state index in [1.165, 1.54) is 5.56 Å². The molecule has 0 spiro atoms. The topological polar surface area (TPSA) is 65.6 Å². The Morgan fingerprint density at radius 3 is 2.51 bits per heavy atom. The third-order valence-corrected chi connectivity index (χ3v) is 7.24. The zero-order chi connectivity index (χ0) is 30.8. The summed E-state index contributed by atoms with van der Waals surface area (Å²) in [6, 6.07) is 17.7. The molecule has 4 rings (SSSR count). The van der Waals surface area contributed by atoms with Crippen molar-refractivity contribution in [2.45, 2.75) is 27.3 Å². The Morgan fingerprint density at radius 2 is 1.84 bits per heavy atom. The van der Waals surface area contributed by atoms with Crippen LogP contribution in [0, 0.1) is 5.82 Å². The lowest BCUT2D eigenvalue weighted by Crippen LogP contribution is -2.16. The third kappa shape index (κ3) is 7.42. The largest absolute Gasteiger partial charge is 0.358 e. The Kier molecular flexibility index (Phi) is 10.6. The Morgan fingerprint density at radius 1 is 1.05 bits per heavy atom. The molecule has 0 aliphatic carbocycles. The fourth-order valence-electron chi connectivity index (χ4n) is 4.82. The number of nitrogens with zero attached hydrogens (tertiary/aromatic N) is 2. The highest BCUT2D eigenvalue weighted by molar-refractivity contribution is 5.94. The minimum Gasteiger partial charge on any atom is -0.358 e. The summed E-state index contributed by atoms with van der Waals surface area (Å²) in [7, 11) is 0. The van der Waals surface area contributed by atoms with Gasteiger partial charge in [0, 0.05) is 42.3 Å². The number of pyridine rings is 1. The summed E-state index contributed by atoms with van der Waals surface area (Å²) in [5.41, 5.74) is 8.65. The SMILES string of the molecule is C=C/C=C(\C(C)=C(/C)NC(=C)c1n[nH]c2ccc(C(/C=C(\C=C)CNCc3ccccc3)=C/C)c(F)c12)c1cccnc1. The van der Waals surface area contributed by atoms with E-state index < -0.39 is 0 Å². The van der Waals surface area contributed by atoms with Crippen LogP contribution in [0.4, 0.5) is 4.39 Å². The van der Waals surface area contributed by atoms with E-state index in [9.17, 15) is 0 Å². The normalized spacial score (nSPS) is 13.1. The summed E-state index contributed by atoms with van der Waals surface area (Å²) in [6.07, 6.45) is 12.9. The van der Waals surface area contributed by atoms with Gasteiger partial charge in [-0.15, -0.1) is 0 Å². The summed E-state index contributed by atoms with van der Waals surface area (Å²) in [6.45, 7) is 19.2. The summed E-state index contributed by atoms with van der Waals surface area (Å²) in [5, 5.41) is 14.6. The number of H-pyrrole nitrogens is 1. The zero-order valence-corrected chi connectivity index (χ0v) is 25.0. The van der Waals surface area contributed by atoms with E-state index in [0.29, 0.717) is 34.4 Å². The molecule has 4 aromatic rings. The molecule has 3 N–H and O–H groups in total. The minimum atomic E-state index is -0.366. The van der Waals surface area contributed by atoms with Gasteiger partial charge in [0.05, 0.1) is 16.6 Å². The van der Waals surface area contributed by atoms with Crippen molar-refractivity contribution in [3.8, 4) is 0 Å². The molecule has 0 aliphatic rings. The first-order chi connectivity index (χ1) is 20.9. The van der Waals surface area contributed by atoms with Crippen molar-refractivity contribution in [3.05, 3.63) is 162 Å². The molecular weight excluding hydrogens is 533 g/mol. The van der Waals surface area contributed by atoms with Gasteiger partial charge in [-0.1, -0.05) is 86.5 Å². The van der Waals surface area contributed by atoms with E-state index >= 15 is 4.39 Å². The second kappa shape index (κ2) is 14.7. The van der Waals surface area contributed by atoms with Gasteiger partial charge in [0.2, 0.25) is 0 Å². The molecule has 218 valence electrons. The molecule has 0 aliphatic heterocycles. The summed E-state index contributed by atoms with van der Waals surface area (Å²) in [5.74, 6) is -0.366. The van der Waals surface area contributed by atoms with Crippen LogP contribution in [0.25, 0.3) is 27.7 Å². The molecule has 2 aromatic carbocycles. The Labute approximate surface area is 253 Å². The van der Waals surface area contributed by atoms with Crippen molar-refractivity contribution in [3.63, 3.8) is 0 Å². The van der Waals surface area contributed by atoms with Crippen LogP contribution < -0.4 is 10.6 Å². The van der Waals surface area contributed by atoms with E-state index in [0.717, 1.165) is 40.1 Å². The fraction of sp³-hybridized carbons (Fsp3) is 0.135. The molecule has 0 saturated heterocycles. The van der Waals surface area contributed by atoms with Crippen molar-refractivity contribution < 1.29 is 4.39 Å². The molecule has 0 radical (unpaired) electrons. The second-order valence-electron chi connectivity index (χ2n) is 10.1. The first-order valence-electron chi connectivity index (χ1n) is 14.2. The van der Waals surface area contributed by atoms with Crippen LogP contribution in [-0.2, 0) is 6.54 Å². The van der Waals surface area contributed by atoms with Crippen LogP contribution in [0.2, 0.25) is 0 Å². The average molecular weight is 572 g/mol. The summed E-state index contributed by atoms with van der Waals surface area (Å²) >= 11 is 0. The van der Waals surface area contributed by atoms with Crippen LogP contribution in [0.15, 0.2) is 134 Å². The number of aromatic nitrogens is 3. The molecule has 0 fully saturated rings. The van der Waals surface area contributed by atoms with E-state index in [-0.39, 0.29) is 5.82 Å². The van der Waals surface area contributed by atoms with Crippen LogP contribution >= 0.6 is 0 Å². The quantitative estimate of drug-likeness (QED) is 0.141. The van der Waals surface area contributed by atoms with Gasteiger partial charge in [0.25, 0.3) is 0 Å². The average Bonchev–Trinajstić information content (AvgIpc) is 3.48. The predicted octanol–water partition coefficient (Wildman–Crippen LogP) is 8.53. The molecule has 0 atom stereocenters. The number of hydrogen-bond donors (Lipinski definition) is 3. The third-order valence-electron chi connectivity index (χ3n) is 7.24. The monoisotopic (exact) mass is 571 g/mol. The highest BCUT2D eigenvalue weighted by Gasteiger charge is 2.19. The standard InChI is InChI=1S/C37H38FN5/c1-7-14-32(31-17-13-20-39-24-31)25(4)26(5)41-27(6)37-35-34(42-43-37)19-18-33(36(35)38)30(9-3)21-28(8-2)22-40-23-29-15-11-10-12-16-29/h7-21,24,40-41H,1-2,6,22-23H2,3-5H3,(H,42,43)/b26-25+,28-21+,30-9+,32-14+. The second-order valence-corrected chi connectivity index (χ2v) is 10.1. The first kappa shape index (κ1) is 30.9. The molecule has 0 unspecified atom stereocenters. The number of rotatable bonds is 13. The zero-order valence-electron chi connectivity index (χ0n) is 25.0. The Balaban J connectivity index is 1.60. The number of hydrogen-bond acceptors (Lipinski definition) is 4. The molecule has 2 heterocycles. The molecule has 0 amide bonds. The fourth-order valence-corrected chi connectivity index (χ4v) is 4.82. The van der Waals surface area contributed by atoms with Gasteiger partial charge in [0.15, 0.2) is 0 Å². The number of aromatic amines is 1. The maximum atomic E-state index is 16.3. The van der Waals surface area contributed by atoms with Crippen LogP contribution in [-0.4, -0.2) is 21.7 Å². The minimum absolute atomic E-state index is 0.366. The van der Waals surface area contributed by atoms with Crippen LogP contribution in [0.5, 0.6) is 0 Å². The van der Waals surface area contributed by atoms with Crippen LogP contribution in [0.3, 0.4) is 0 Å². The molecular formula is C37H38FN5. The molecule has 0 bridgehead atoms. The summed E-state index contributed by atoms with van der Waals surface area (Å²) in [4.78, 5) is 4.25. The lowest BCUT2D eigenvalue weighted by Gasteiger charge is -2.15. The van der Waals surface area contributed by atoms with E-state index in [4.69, 9.17) is 0 Å². The lowest BCUT2D eigenvalue weighted by molar-refractivity contribution is 0.636. The van der Waals surface area contributed by atoms with Gasteiger partial charge in [0.1, 0.15) is 11.5 Å².